The summed E-state index contributed by atoms with van der Waals surface area (Å²) in [4.78, 5) is 8.96. The standard InChI is InChI=1S/C22H26N4O/c1-16(2)25-15-18-4-3-5-19(14-18)21-11-13-24-22(26-21)23-12-10-17-6-8-20(27)9-7-17/h3-9,11,13-14,16,25,27H,10,12,15H2,1-2H3,(H,23,24,26). The summed E-state index contributed by atoms with van der Waals surface area (Å²) in [6.45, 7) is 5.86. The van der Waals surface area contributed by atoms with E-state index in [1.807, 2.05) is 18.2 Å². The van der Waals surface area contributed by atoms with Crippen molar-refractivity contribution in [2.24, 2.45) is 0 Å². The molecule has 0 aliphatic heterocycles. The number of hydrogen-bond donors (Lipinski definition) is 3. The maximum Gasteiger partial charge on any atom is 0.223 e. The van der Waals surface area contributed by atoms with Gasteiger partial charge >= 0.3 is 0 Å². The lowest BCUT2D eigenvalue weighted by Gasteiger charge is -2.10. The van der Waals surface area contributed by atoms with Crippen molar-refractivity contribution in [3.05, 3.63) is 71.9 Å². The SMILES string of the molecule is CC(C)NCc1cccc(-c2ccnc(NCCc3ccc(O)cc3)n2)c1. The summed E-state index contributed by atoms with van der Waals surface area (Å²) < 4.78 is 0. The first-order chi connectivity index (χ1) is 13.1. The highest BCUT2D eigenvalue weighted by atomic mass is 16.3. The predicted molar refractivity (Wildman–Crippen MR) is 110 cm³/mol. The largest absolute Gasteiger partial charge is 0.508 e. The smallest absolute Gasteiger partial charge is 0.223 e. The van der Waals surface area contributed by atoms with Crippen LogP contribution in [0.25, 0.3) is 11.3 Å². The number of anilines is 1. The molecule has 0 spiro atoms. The minimum Gasteiger partial charge on any atom is -0.508 e. The molecule has 27 heavy (non-hydrogen) atoms. The molecule has 5 nitrogen and oxygen atoms in total. The van der Waals surface area contributed by atoms with Gasteiger partial charge in [0.2, 0.25) is 5.95 Å². The molecule has 140 valence electrons. The Morgan fingerprint density at radius 1 is 1.00 bits per heavy atom. The maximum absolute atomic E-state index is 9.34. The molecule has 3 aromatic rings. The quantitative estimate of drug-likeness (QED) is 0.565. The zero-order chi connectivity index (χ0) is 19.1. The van der Waals surface area contributed by atoms with Crippen molar-refractivity contribution in [3.8, 4) is 17.0 Å². The van der Waals surface area contributed by atoms with Gasteiger partial charge in [-0.2, -0.15) is 0 Å². The third kappa shape index (κ3) is 5.79. The zero-order valence-electron chi connectivity index (χ0n) is 15.8. The molecule has 3 rings (SSSR count). The Kier molecular flexibility index (Phi) is 6.39. The van der Waals surface area contributed by atoms with Gasteiger partial charge in [-0.1, -0.05) is 44.2 Å². The highest BCUT2D eigenvalue weighted by Gasteiger charge is 2.04. The molecule has 0 amide bonds. The van der Waals surface area contributed by atoms with Crippen LogP contribution < -0.4 is 10.6 Å². The Morgan fingerprint density at radius 2 is 1.81 bits per heavy atom. The highest BCUT2D eigenvalue weighted by molar-refractivity contribution is 5.60. The fraction of sp³-hybridized carbons (Fsp3) is 0.273. The number of rotatable bonds is 8. The van der Waals surface area contributed by atoms with E-state index in [0.29, 0.717) is 12.0 Å². The molecule has 0 aliphatic carbocycles. The van der Waals surface area contributed by atoms with Crippen LogP contribution in [0.5, 0.6) is 5.75 Å². The first-order valence-electron chi connectivity index (χ1n) is 9.27. The number of nitrogens with one attached hydrogen (secondary N) is 2. The molecule has 0 saturated heterocycles. The molecule has 0 fully saturated rings. The zero-order valence-corrected chi connectivity index (χ0v) is 15.8. The summed E-state index contributed by atoms with van der Waals surface area (Å²) in [6, 6.07) is 18.1. The molecular formula is C22H26N4O. The average molecular weight is 362 g/mol. The summed E-state index contributed by atoms with van der Waals surface area (Å²) in [6.07, 6.45) is 2.62. The van der Waals surface area contributed by atoms with Gasteiger partial charge in [0.05, 0.1) is 5.69 Å². The van der Waals surface area contributed by atoms with Crippen LogP contribution in [0.1, 0.15) is 25.0 Å². The molecule has 0 aliphatic rings. The number of benzene rings is 2. The molecule has 1 heterocycles. The van der Waals surface area contributed by atoms with Crippen LogP contribution in [0.15, 0.2) is 60.8 Å². The predicted octanol–water partition coefficient (Wildman–Crippen LogP) is 4.00. The van der Waals surface area contributed by atoms with Gasteiger partial charge in [0, 0.05) is 30.9 Å². The Labute approximate surface area is 160 Å². The van der Waals surface area contributed by atoms with Crippen LogP contribution in [0, 0.1) is 0 Å². The molecule has 0 bridgehead atoms. The van der Waals surface area contributed by atoms with Crippen LogP contribution in [-0.2, 0) is 13.0 Å². The lowest BCUT2D eigenvalue weighted by molar-refractivity contribution is 0.475. The fourth-order valence-electron chi connectivity index (χ4n) is 2.75. The van der Waals surface area contributed by atoms with Crippen molar-refractivity contribution in [2.75, 3.05) is 11.9 Å². The van der Waals surface area contributed by atoms with Gasteiger partial charge in [-0.25, -0.2) is 9.97 Å². The van der Waals surface area contributed by atoms with Gasteiger partial charge in [-0.15, -0.1) is 0 Å². The van der Waals surface area contributed by atoms with E-state index in [9.17, 15) is 5.11 Å². The van der Waals surface area contributed by atoms with Gasteiger partial charge in [-0.3, -0.25) is 0 Å². The van der Waals surface area contributed by atoms with Crippen molar-refractivity contribution >= 4 is 5.95 Å². The van der Waals surface area contributed by atoms with Crippen molar-refractivity contribution in [2.45, 2.75) is 32.9 Å². The van der Waals surface area contributed by atoms with E-state index in [0.717, 1.165) is 36.3 Å². The Hall–Kier alpha value is -2.92. The maximum atomic E-state index is 9.34. The van der Waals surface area contributed by atoms with Crippen LogP contribution in [0.2, 0.25) is 0 Å². The number of aromatic hydroxyl groups is 1. The number of phenols is 1. The molecule has 0 saturated carbocycles. The van der Waals surface area contributed by atoms with Crippen molar-refractivity contribution in [3.63, 3.8) is 0 Å². The molecule has 3 N–H and O–H groups in total. The van der Waals surface area contributed by atoms with Gasteiger partial charge < -0.3 is 15.7 Å². The van der Waals surface area contributed by atoms with Crippen molar-refractivity contribution < 1.29 is 5.11 Å². The van der Waals surface area contributed by atoms with E-state index in [1.54, 1.807) is 18.3 Å². The third-order valence-electron chi connectivity index (χ3n) is 4.23. The Bertz CT molecular complexity index is 862. The minimum atomic E-state index is 0.286. The van der Waals surface area contributed by atoms with E-state index in [4.69, 9.17) is 0 Å². The van der Waals surface area contributed by atoms with Gasteiger partial charge in [0.25, 0.3) is 0 Å². The molecule has 1 aromatic heterocycles. The minimum absolute atomic E-state index is 0.286. The Balaban J connectivity index is 1.63. The van der Waals surface area contributed by atoms with Crippen LogP contribution >= 0.6 is 0 Å². The van der Waals surface area contributed by atoms with E-state index in [-0.39, 0.29) is 5.75 Å². The first-order valence-corrected chi connectivity index (χ1v) is 9.27. The molecule has 5 heteroatoms. The molecule has 0 unspecified atom stereocenters. The first kappa shape index (κ1) is 18.9. The number of aromatic nitrogens is 2. The number of hydrogen-bond acceptors (Lipinski definition) is 5. The third-order valence-corrected chi connectivity index (χ3v) is 4.23. The van der Waals surface area contributed by atoms with E-state index in [1.165, 1.54) is 5.56 Å². The lowest BCUT2D eigenvalue weighted by atomic mass is 10.1. The van der Waals surface area contributed by atoms with Crippen LogP contribution in [-0.4, -0.2) is 27.7 Å². The van der Waals surface area contributed by atoms with Gasteiger partial charge in [0.15, 0.2) is 0 Å². The summed E-state index contributed by atoms with van der Waals surface area (Å²) in [7, 11) is 0. The topological polar surface area (TPSA) is 70.1 Å². The number of nitrogens with zero attached hydrogens (tertiary/aromatic N) is 2. The Morgan fingerprint density at radius 3 is 2.59 bits per heavy atom. The van der Waals surface area contributed by atoms with E-state index < -0.39 is 0 Å². The number of phenolic OH excluding ortho intramolecular Hbond substituents is 1. The lowest BCUT2D eigenvalue weighted by Crippen LogP contribution is -2.21. The molecule has 0 radical (unpaired) electrons. The summed E-state index contributed by atoms with van der Waals surface area (Å²) in [5.41, 5.74) is 4.38. The summed E-state index contributed by atoms with van der Waals surface area (Å²) in [5.74, 6) is 0.908. The second-order valence-corrected chi connectivity index (χ2v) is 6.84. The average Bonchev–Trinajstić information content (AvgIpc) is 2.68. The van der Waals surface area contributed by atoms with E-state index in [2.05, 4.69) is 58.7 Å². The highest BCUT2D eigenvalue weighted by Crippen LogP contribution is 2.19. The van der Waals surface area contributed by atoms with Crippen molar-refractivity contribution in [1.82, 2.24) is 15.3 Å². The monoisotopic (exact) mass is 362 g/mol. The molecule has 2 aromatic carbocycles. The van der Waals surface area contributed by atoms with E-state index >= 15 is 0 Å². The van der Waals surface area contributed by atoms with Crippen molar-refractivity contribution in [1.29, 1.82) is 0 Å². The second-order valence-electron chi connectivity index (χ2n) is 6.84. The summed E-state index contributed by atoms with van der Waals surface area (Å²) in [5, 5.41) is 16.1. The van der Waals surface area contributed by atoms with Gasteiger partial charge in [-0.05, 0) is 41.8 Å². The molecular weight excluding hydrogens is 336 g/mol. The van der Waals surface area contributed by atoms with Gasteiger partial charge in [0.1, 0.15) is 5.75 Å². The normalized spacial score (nSPS) is 10.9. The molecule has 0 atom stereocenters. The van der Waals surface area contributed by atoms with Crippen LogP contribution in [0.3, 0.4) is 0 Å². The fourth-order valence-corrected chi connectivity index (χ4v) is 2.75. The van der Waals surface area contributed by atoms with Crippen LogP contribution in [0.4, 0.5) is 5.95 Å². The second kappa shape index (κ2) is 9.14. The summed E-state index contributed by atoms with van der Waals surface area (Å²) >= 11 is 0.